The van der Waals surface area contributed by atoms with Crippen molar-refractivity contribution >= 4 is 11.4 Å². The van der Waals surface area contributed by atoms with Crippen LogP contribution < -0.4 is 4.90 Å². The molecule has 0 spiro atoms. The molecule has 3 aliphatic rings. The lowest BCUT2D eigenvalue weighted by Gasteiger charge is -2.28. The Balaban J connectivity index is 1.65. The molecule has 2 aliphatic carbocycles. The average molecular weight is 297 g/mol. The highest BCUT2D eigenvalue weighted by molar-refractivity contribution is 5.75. The topological polar surface area (TPSA) is 3.24 Å². The maximum atomic E-state index is 2.49. The van der Waals surface area contributed by atoms with Gasteiger partial charge in [0.05, 0.1) is 6.04 Å². The van der Waals surface area contributed by atoms with Gasteiger partial charge in [-0.25, -0.2) is 0 Å². The molecule has 5 rings (SSSR count). The van der Waals surface area contributed by atoms with Gasteiger partial charge in [-0.15, -0.1) is 0 Å². The predicted octanol–water partition coefficient (Wildman–Crippen LogP) is 5.46. The highest BCUT2D eigenvalue weighted by atomic mass is 15.2. The Morgan fingerprint density at radius 2 is 1.70 bits per heavy atom. The van der Waals surface area contributed by atoms with Gasteiger partial charge in [0.15, 0.2) is 0 Å². The number of benzene rings is 2. The first kappa shape index (κ1) is 13.0. The van der Waals surface area contributed by atoms with Gasteiger partial charge in [0.25, 0.3) is 0 Å². The largest absolute Gasteiger partial charge is 0.333 e. The predicted molar refractivity (Wildman–Crippen MR) is 96.3 cm³/mol. The zero-order valence-corrected chi connectivity index (χ0v) is 13.0. The van der Waals surface area contributed by atoms with Crippen LogP contribution in [0.1, 0.15) is 29.4 Å². The van der Waals surface area contributed by atoms with E-state index in [2.05, 4.69) is 89.9 Å². The summed E-state index contributed by atoms with van der Waals surface area (Å²) in [6.07, 6.45) is 14.8. The molecule has 0 radical (unpaired) electrons. The summed E-state index contributed by atoms with van der Waals surface area (Å²) < 4.78 is 0. The number of anilines is 2. The summed E-state index contributed by atoms with van der Waals surface area (Å²) in [7, 11) is 0. The zero-order chi connectivity index (χ0) is 15.2. The van der Waals surface area contributed by atoms with Crippen molar-refractivity contribution in [2.75, 3.05) is 4.90 Å². The Bertz CT molecular complexity index is 828. The van der Waals surface area contributed by atoms with Gasteiger partial charge in [-0.3, -0.25) is 0 Å². The van der Waals surface area contributed by atoms with E-state index in [0.29, 0.717) is 17.9 Å². The van der Waals surface area contributed by atoms with Crippen molar-refractivity contribution < 1.29 is 0 Å². The molecule has 112 valence electrons. The molecule has 0 saturated heterocycles. The van der Waals surface area contributed by atoms with Crippen molar-refractivity contribution in [3.05, 3.63) is 96.1 Å². The van der Waals surface area contributed by atoms with Crippen LogP contribution in [0.2, 0.25) is 0 Å². The summed E-state index contributed by atoms with van der Waals surface area (Å²) in [5.74, 6) is 1.08. The lowest BCUT2D eigenvalue weighted by Crippen LogP contribution is -2.28. The lowest BCUT2D eigenvalue weighted by atomic mass is 9.84. The zero-order valence-electron chi connectivity index (χ0n) is 13.0. The monoisotopic (exact) mass is 297 g/mol. The van der Waals surface area contributed by atoms with Crippen molar-refractivity contribution in [2.45, 2.75) is 24.3 Å². The second-order valence-electron chi connectivity index (χ2n) is 6.58. The fraction of sp³-hybridized carbons (Fsp3) is 0.182. The Morgan fingerprint density at radius 1 is 0.870 bits per heavy atom. The summed E-state index contributed by atoms with van der Waals surface area (Å²) in [4.78, 5) is 2.49. The second kappa shape index (κ2) is 4.99. The van der Waals surface area contributed by atoms with E-state index in [0.717, 1.165) is 0 Å². The molecule has 1 aliphatic heterocycles. The number of allylic oxidation sites excluding steroid dienone is 4. The van der Waals surface area contributed by atoms with Crippen molar-refractivity contribution in [3.63, 3.8) is 0 Å². The van der Waals surface area contributed by atoms with Gasteiger partial charge in [-0.1, -0.05) is 66.8 Å². The van der Waals surface area contributed by atoms with Gasteiger partial charge in [0.2, 0.25) is 0 Å². The average Bonchev–Trinajstić information content (AvgIpc) is 2.88. The van der Waals surface area contributed by atoms with Gasteiger partial charge in [-0.2, -0.15) is 0 Å². The van der Waals surface area contributed by atoms with E-state index in [4.69, 9.17) is 0 Å². The second-order valence-corrected chi connectivity index (χ2v) is 6.58. The third-order valence-corrected chi connectivity index (χ3v) is 5.30. The molecule has 0 saturated carbocycles. The Labute approximate surface area is 137 Å². The Kier molecular flexibility index (Phi) is 2.81. The van der Waals surface area contributed by atoms with Gasteiger partial charge < -0.3 is 4.90 Å². The first-order chi connectivity index (χ1) is 11.4. The van der Waals surface area contributed by atoms with Crippen LogP contribution in [0.15, 0.2) is 85.0 Å². The van der Waals surface area contributed by atoms with E-state index in [-0.39, 0.29) is 0 Å². The molecule has 0 fully saturated rings. The number of rotatable bonds is 2. The maximum Gasteiger partial charge on any atom is 0.0629 e. The molecule has 0 aromatic heterocycles. The van der Waals surface area contributed by atoms with Crippen LogP contribution in [0.4, 0.5) is 11.4 Å². The van der Waals surface area contributed by atoms with Crippen LogP contribution in [-0.4, -0.2) is 6.04 Å². The number of nitrogens with zero attached hydrogens (tertiary/aromatic N) is 1. The van der Waals surface area contributed by atoms with Crippen molar-refractivity contribution in [2.24, 2.45) is 0 Å². The van der Waals surface area contributed by atoms with Gasteiger partial charge >= 0.3 is 0 Å². The Morgan fingerprint density at radius 3 is 2.48 bits per heavy atom. The first-order valence-corrected chi connectivity index (χ1v) is 8.41. The normalized spacial score (nSPS) is 26.8. The number of para-hydroxylation sites is 1. The number of hydrogen-bond acceptors (Lipinski definition) is 1. The lowest BCUT2D eigenvalue weighted by molar-refractivity contribution is 0.741. The highest BCUT2D eigenvalue weighted by Crippen LogP contribution is 2.48. The van der Waals surface area contributed by atoms with Crippen molar-refractivity contribution in [1.82, 2.24) is 0 Å². The van der Waals surface area contributed by atoms with Gasteiger partial charge in [0, 0.05) is 23.2 Å². The smallest absolute Gasteiger partial charge is 0.0629 e. The third-order valence-electron chi connectivity index (χ3n) is 5.30. The third kappa shape index (κ3) is 1.93. The minimum absolute atomic E-state index is 0.393. The standard InChI is InChI=1S/C22H19N/c1-2-9-18(10-3-1)23-21-12-5-4-11-19(21)20-15-17(13-14-22(20)23)16-7-6-8-16/h1-7,9-16,19,21H,8H2. The SMILES string of the molecule is C1=CC2c3cc(C4C=CC4)ccc3N(c3ccccc3)C2C=C1. The molecule has 23 heavy (non-hydrogen) atoms. The van der Waals surface area contributed by atoms with Crippen LogP contribution in [0.25, 0.3) is 0 Å². The molecule has 0 amide bonds. The summed E-state index contributed by atoms with van der Waals surface area (Å²) >= 11 is 0. The minimum atomic E-state index is 0.393. The molecule has 2 aromatic carbocycles. The van der Waals surface area contributed by atoms with Crippen LogP contribution in [0.3, 0.4) is 0 Å². The first-order valence-electron chi connectivity index (χ1n) is 8.41. The van der Waals surface area contributed by atoms with Crippen molar-refractivity contribution in [1.29, 1.82) is 0 Å². The molecule has 3 unspecified atom stereocenters. The van der Waals surface area contributed by atoms with Crippen LogP contribution in [-0.2, 0) is 0 Å². The van der Waals surface area contributed by atoms with E-state index < -0.39 is 0 Å². The molecule has 1 heterocycles. The van der Waals surface area contributed by atoms with Crippen molar-refractivity contribution in [3.8, 4) is 0 Å². The van der Waals surface area contributed by atoms with E-state index in [1.807, 2.05) is 0 Å². The number of hydrogen-bond donors (Lipinski definition) is 0. The minimum Gasteiger partial charge on any atom is -0.333 e. The molecule has 3 atom stereocenters. The van der Waals surface area contributed by atoms with E-state index in [1.54, 1.807) is 0 Å². The fourth-order valence-electron chi connectivity index (χ4n) is 4.00. The van der Waals surface area contributed by atoms with E-state index >= 15 is 0 Å². The number of fused-ring (bicyclic) bond motifs is 3. The van der Waals surface area contributed by atoms with E-state index in [9.17, 15) is 0 Å². The molecular formula is C22H19N. The molecular weight excluding hydrogens is 278 g/mol. The quantitative estimate of drug-likeness (QED) is 0.665. The highest BCUT2D eigenvalue weighted by Gasteiger charge is 2.37. The Hall–Kier alpha value is -2.54. The molecule has 1 heteroatoms. The molecule has 2 aromatic rings. The summed E-state index contributed by atoms with van der Waals surface area (Å²) in [5.41, 5.74) is 5.56. The summed E-state index contributed by atoms with van der Waals surface area (Å²) in [5, 5.41) is 0. The van der Waals surface area contributed by atoms with Crippen LogP contribution in [0, 0.1) is 0 Å². The fourth-order valence-corrected chi connectivity index (χ4v) is 4.00. The maximum absolute atomic E-state index is 2.49. The summed E-state index contributed by atoms with van der Waals surface area (Å²) in [6.45, 7) is 0. The van der Waals surface area contributed by atoms with Gasteiger partial charge in [-0.05, 0) is 35.7 Å². The molecule has 1 nitrogen and oxygen atoms in total. The van der Waals surface area contributed by atoms with E-state index in [1.165, 1.54) is 28.9 Å². The van der Waals surface area contributed by atoms with Crippen LogP contribution >= 0.6 is 0 Å². The molecule has 0 N–H and O–H groups in total. The van der Waals surface area contributed by atoms with Crippen LogP contribution in [0.5, 0.6) is 0 Å². The summed E-state index contributed by atoms with van der Waals surface area (Å²) in [6, 6.07) is 18.2. The van der Waals surface area contributed by atoms with Gasteiger partial charge in [0.1, 0.15) is 0 Å². The molecule has 0 bridgehead atoms.